The Morgan fingerprint density at radius 3 is 2.74 bits per heavy atom. The summed E-state index contributed by atoms with van der Waals surface area (Å²) in [5.41, 5.74) is 0. The minimum atomic E-state index is -0.0680. The number of carbonyl (C=O) groups excluding carboxylic acids is 2. The van der Waals surface area contributed by atoms with Gasteiger partial charge in [0.1, 0.15) is 5.82 Å². The van der Waals surface area contributed by atoms with Crippen LogP contribution in [0.1, 0.15) is 26.2 Å². The second kappa shape index (κ2) is 9.13. The topological polar surface area (TPSA) is 62.3 Å². The molecule has 1 aromatic rings. The van der Waals surface area contributed by atoms with Crippen molar-refractivity contribution in [2.24, 2.45) is 5.92 Å². The number of rotatable bonds is 6. The largest absolute Gasteiger partial charge is 0.343 e. The van der Waals surface area contributed by atoms with E-state index in [4.69, 9.17) is 11.6 Å². The molecule has 1 aliphatic heterocycles. The zero-order valence-corrected chi connectivity index (χ0v) is 14.8. The average Bonchev–Trinajstić information content (AvgIpc) is 2.57. The zero-order chi connectivity index (χ0) is 16.7. The van der Waals surface area contributed by atoms with Crippen molar-refractivity contribution in [2.45, 2.75) is 26.2 Å². The first-order valence-corrected chi connectivity index (χ1v) is 9.41. The Kier molecular flexibility index (Phi) is 7.17. The zero-order valence-electron chi connectivity index (χ0n) is 13.3. The monoisotopic (exact) mass is 355 g/mol. The summed E-state index contributed by atoms with van der Waals surface area (Å²) in [6.07, 6.45) is 3.50. The number of nitrogens with zero attached hydrogens (tertiary/aromatic N) is 2. The van der Waals surface area contributed by atoms with Gasteiger partial charge >= 0.3 is 0 Å². The van der Waals surface area contributed by atoms with Crippen molar-refractivity contribution in [1.82, 2.24) is 9.88 Å². The molecule has 0 saturated carbocycles. The third-order valence-electron chi connectivity index (χ3n) is 3.86. The van der Waals surface area contributed by atoms with Crippen molar-refractivity contribution in [1.29, 1.82) is 0 Å². The Hall–Kier alpha value is -1.27. The fourth-order valence-electron chi connectivity index (χ4n) is 2.53. The molecule has 0 unspecified atom stereocenters. The predicted molar refractivity (Wildman–Crippen MR) is 94.8 cm³/mol. The summed E-state index contributed by atoms with van der Waals surface area (Å²) in [5.74, 6) is 2.51. The van der Waals surface area contributed by atoms with Crippen LogP contribution < -0.4 is 5.32 Å². The summed E-state index contributed by atoms with van der Waals surface area (Å²) in [5, 5.41) is 3.35. The smallest absolute Gasteiger partial charge is 0.228 e. The lowest BCUT2D eigenvalue weighted by molar-refractivity contribution is -0.134. The third kappa shape index (κ3) is 5.70. The van der Waals surface area contributed by atoms with Crippen molar-refractivity contribution in [2.75, 3.05) is 29.9 Å². The molecule has 1 aliphatic rings. The second-order valence-electron chi connectivity index (χ2n) is 5.45. The molecular formula is C16H22ClN3O2S. The van der Waals surface area contributed by atoms with Crippen molar-refractivity contribution in [3.8, 4) is 0 Å². The number of pyridine rings is 1. The maximum Gasteiger partial charge on any atom is 0.228 e. The summed E-state index contributed by atoms with van der Waals surface area (Å²) in [6.45, 7) is 3.40. The highest BCUT2D eigenvalue weighted by molar-refractivity contribution is 7.99. The van der Waals surface area contributed by atoms with Gasteiger partial charge in [0.15, 0.2) is 0 Å². The van der Waals surface area contributed by atoms with E-state index in [1.807, 2.05) is 4.90 Å². The first-order chi connectivity index (χ1) is 11.1. The van der Waals surface area contributed by atoms with Crippen LogP contribution in [0.25, 0.3) is 0 Å². The van der Waals surface area contributed by atoms with Gasteiger partial charge in [-0.25, -0.2) is 4.98 Å². The SMILES string of the molecule is CCSCCC(=O)N1CCC(C(=O)Nc2ccc(Cl)cn2)CC1. The summed E-state index contributed by atoms with van der Waals surface area (Å²) in [4.78, 5) is 30.3. The van der Waals surface area contributed by atoms with Crippen LogP contribution in [-0.4, -0.2) is 46.3 Å². The summed E-state index contributed by atoms with van der Waals surface area (Å²) in [6, 6.07) is 3.38. The molecule has 0 atom stereocenters. The van der Waals surface area contributed by atoms with Crippen molar-refractivity contribution < 1.29 is 9.59 Å². The lowest BCUT2D eigenvalue weighted by atomic mass is 9.95. The molecule has 23 heavy (non-hydrogen) atoms. The highest BCUT2D eigenvalue weighted by atomic mass is 35.5. The van der Waals surface area contributed by atoms with Crippen LogP contribution in [0, 0.1) is 5.92 Å². The number of thioether (sulfide) groups is 1. The first-order valence-electron chi connectivity index (χ1n) is 7.88. The quantitative estimate of drug-likeness (QED) is 0.796. The third-order valence-corrected chi connectivity index (χ3v) is 4.99. The lowest BCUT2D eigenvalue weighted by Crippen LogP contribution is -2.41. The fraction of sp³-hybridized carbons (Fsp3) is 0.562. The lowest BCUT2D eigenvalue weighted by Gasteiger charge is -2.31. The van der Waals surface area contributed by atoms with Crippen LogP contribution in [0.15, 0.2) is 18.3 Å². The van der Waals surface area contributed by atoms with Gasteiger partial charge in [0, 0.05) is 37.4 Å². The Bertz CT molecular complexity index is 531. The molecule has 2 rings (SSSR count). The normalized spacial score (nSPS) is 15.5. The maximum atomic E-state index is 12.2. The van der Waals surface area contributed by atoms with E-state index in [0.29, 0.717) is 43.2 Å². The van der Waals surface area contributed by atoms with Gasteiger partial charge in [-0.1, -0.05) is 18.5 Å². The van der Waals surface area contributed by atoms with Gasteiger partial charge in [-0.2, -0.15) is 11.8 Å². The van der Waals surface area contributed by atoms with E-state index in [0.717, 1.165) is 11.5 Å². The van der Waals surface area contributed by atoms with Gasteiger partial charge in [0.05, 0.1) is 5.02 Å². The molecule has 5 nitrogen and oxygen atoms in total. The first kappa shape index (κ1) is 18.1. The number of hydrogen-bond acceptors (Lipinski definition) is 4. The number of halogens is 1. The van der Waals surface area contributed by atoms with E-state index < -0.39 is 0 Å². The Morgan fingerprint density at radius 1 is 1.39 bits per heavy atom. The second-order valence-corrected chi connectivity index (χ2v) is 7.28. The number of hydrogen-bond donors (Lipinski definition) is 1. The number of amides is 2. The molecule has 0 bridgehead atoms. The van der Waals surface area contributed by atoms with Gasteiger partial charge in [-0.15, -0.1) is 0 Å². The number of carbonyl (C=O) groups is 2. The Morgan fingerprint density at radius 2 is 2.13 bits per heavy atom. The maximum absolute atomic E-state index is 12.2. The number of aromatic nitrogens is 1. The van der Waals surface area contributed by atoms with Gasteiger partial charge in [-0.3, -0.25) is 9.59 Å². The summed E-state index contributed by atoms with van der Waals surface area (Å²) < 4.78 is 0. The molecule has 0 aromatic carbocycles. The molecule has 1 saturated heterocycles. The number of nitrogens with one attached hydrogen (secondary N) is 1. The van der Waals surface area contributed by atoms with Crippen molar-refractivity contribution in [3.63, 3.8) is 0 Å². The van der Waals surface area contributed by atoms with Gasteiger partial charge in [0.25, 0.3) is 0 Å². The standard InChI is InChI=1S/C16H22ClN3O2S/c1-2-23-10-7-15(21)20-8-5-12(6-9-20)16(22)19-14-4-3-13(17)11-18-14/h3-4,11-12H,2,5-10H2,1H3,(H,18,19,22). The molecule has 126 valence electrons. The van der Waals surface area contributed by atoms with E-state index in [-0.39, 0.29) is 17.7 Å². The van der Waals surface area contributed by atoms with E-state index in [9.17, 15) is 9.59 Å². The Balaban J connectivity index is 1.76. The number of piperidine rings is 1. The molecule has 1 aromatic heterocycles. The van der Waals surface area contributed by atoms with Crippen LogP contribution in [0.3, 0.4) is 0 Å². The highest BCUT2D eigenvalue weighted by Crippen LogP contribution is 2.20. The number of likely N-dealkylation sites (tertiary alicyclic amines) is 1. The van der Waals surface area contributed by atoms with Gasteiger partial charge in [0.2, 0.25) is 11.8 Å². The molecule has 1 N–H and O–H groups in total. The van der Waals surface area contributed by atoms with E-state index in [1.165, 1.54) is 6.20 Å². The van der Waals surface area contributed by atoms with Crippen LogP contribution in [0.2, 0.25) is 5.02 Å². The van der Waals surface area contributed by atoms with Crippen molar-refractivity contribution >= 4 is 41.0 Å². The molecule has 1 fully saturated rings. The molecule has 0 spiro atoms. The molecular weight excluding hydrogens is 334 g/mol. The fourth-order valence-corrected chi connectivity index (χ4v) is 3.25. The predicted octanol–water partition coefficient (Wildman–Crippen LogP) is 3.06. The van der Waals surface area contributed by atoms with Crippen LogP contribution in [0.5, 0.6) is 0 Å². The van der Waals surface area contributed by atoms with Crippen LogP contribution in [0.4, 0.5) is 5.82 Å². The van der Waals surface area contributed by atoms with Gasteiger partial charge in [-0.05, 0) is 30.7 Å². The summed E-state index contributed by atoms with van der Waals surface area (Å²) >= 11 is 7.55. The average molecular weight is 356 g/mol. The molecule has 0 aliphatic carbocycles. The van der Waals surface area contributed by atoms with Crippen LogP contribution >= 0.6 is 23.4 Å². The Labute approximate surface area is 146 Å². The minimum Gasteiger partial charge on any atom is -0.343 e. The molecule has 7 heteroatoms. The highest BCUT2D eigenvalue weighted by Gasteiger charge is 2.27. The molecule has 2 heterocycles. The minimum absolute atomic E-state index is 0.0338. The van der Waals surface area contributed by atoms with E-state index >= 15 is 0 Å². The van der Waals surface area contributed by atoms with Crippen LogP contribution in [-0.2, 0) is 9.59 Å². The van der Waals surface area contributed by atoms with Crippen molar-refractivity contribution in [3.05, 3.63) is 23.4 Å². The van der Waals surface area contributed by atoms with Gasteiger partial charge < -0.3 is 10.2 Å². The number of anilines is 1. The molecule has 2 amide bonds. The molecule has 0 radical (unpaired) electrons. The van der Waals surface area contributed by atoms with E-state index in [1.54, 1.807) is 23.9 Å². The van der Waals surface area contributed by atoms with E-state index in [2.05, 4.69) is 17.2 Å². The summed E-state index contributed by atoms with van der Waals surface area (Å²) in [7, 11) is 0.